The Bertz CT molecular complexity index is 373. The molecule has 17 heavy (non-hydrogen) atoms. The first kappa shape index (κ1) is 12.1. The zero-order valence-electron chi connectivity index (χ0n) is 10.5. The first-order chi connectivity index (χ1) is 8.15. The zero-order valence-corrected chi connectivity index (χ0v) is 10.5. The molecule has 2 rings (SSSR count). The standard InChI is InChI=1S/C13H21N3O/c1-10(15-16-12(14)17)13-8-4-2-6-11(13)7-3-5-9-13/h6H,2-5,7-9H2,1H3,(H3,14,16,17)/b15-10-. The quantitative estimate of drug-likeness (QED) is 0.431. The molecular formula is C13H21N3O. The van der Waals surface area contributed by atoms with Crippen LogP contribution in [0, 0.1) is 5.41 Å². The lowest BCUT2D eigenvalue weighted by Gasteiger charge is -2.42. The number of hydrogen-bond acceptors (Lipinski definition) is 2. The minimum Gasteiger partial charge on any atom is -0.350 e. The lowest BCUT2D eigenvalue weighted by molar-refractivity contribution is 0.249. The molecule has 0 spiro atoms. The summed E-state index contributed by atoms with van der Waals surface area (Å²) in [6.45, 7) is 2.01. The van der Waals surface area contributed by atoms with E-state index in [4.69, 9.17) is 5.73 Å². The molecule has 3 N–H and O–H groups in total. The van der Waals surface area contributed by atoms with Gasteiger partial charge in [0.2, 0.25) is 0 Å². The maximum absolute atomic E-state index is 10.7. The Hall–Kier alpha value is -1.32. The van der Waals surface area contributed by atoms with Crippen LogP contribution in [0.25, 0.3) is 0 Å². The number of nitrogens with zero attached hydrogens (tertiary/aromatic N) is 1. The van der Waals surface area contributed by atoms with Gasteiger partial charge in [-0.3, -0.25) is 0 Å². The molecule has 0 aromatic carbocycles. The van der Waals surface area contributed by atoms with Crippen LogP contribution in [0.3, 0.4) is 0 Å². The highest BCUT2D eigenvalue weighted by molar-refractivity contribution is 5.92. The Morgan fingerprint density at radius 1 is 1.41 bits per heavy atom. The highest BCUT2D eigenvalue weighted by atomic mass is 16.2. The summed E-state index contributed by atoms with van der Waals surface area (Å²) < 4.78 is 0. The topological polar surface area (TPSA) is 67.5 Å². The van der Waals surface area contributed by atoms with Crippen LogP contribution in [-0.4, -0.2) is 11.7 Å². The molecule has 2 aliphatic carbocycles. The number of fused-ring (bicyclic) bond motifs is 1. The zero-order chi connectivity index (χ0) is 12.3. The van der Waals surface area contributed by atoms with Gasteiger partial charge in [0.05, 0.1) is 0 Å². The van der Waals surface area contributed by atoms with Crippen LogP contribution in [0.5, 0.6) is 0 Å². The fourth-order valence-electron chi connectivity index (χ4n) is 3.25. The number of carbonyl (C=O) groups excluding carboxylic acids is 1. The van der Waals surface area contributed by atoms with Gasteiger partial charge in [-0.25, -0.2) is 10.2 Å². The number of allylic oxidation sites excluding steroid dienone is 2. The number of rotatable bonds is 2. The van der Waals surface area contributed by atoms with Crippen molar-refractivity contribution >= 4 is 11.7 Å². The predicted octanol–water partition coefficient (Wildman–Crippen LogP) is 2.70. The van der Waals surface area contributed by atoms with E-state index in [0.29, 0.717) is 0 Å². The number of hydrazone groups is 1. The number of nitrogens with one attached hydrogen (secondary N) is 1. The Morgan fingerprint density at radius 2 is 2.18 bits per heavy atom. The summed E-state index contributed by atoms with van der Waals surface area (Å²) in [4.78, 5) is 10.7. The van der Waals surface area contributed by atoms with Gasteiger partial charge >= 0.3 is 6.03 Å². The number of hydrogen-bond donors (Lipinski definition) is 2. The van der Waals surface area contributed by atoms with Gasteiger partial charge < -0.3 is 5.73 Å². The van der Waals surface area contributed by atoms with Crippen LogP contribution in [0.4, 0.5) is 4.79 Å². The molecule has 2 amide bonds. The second-order valence-corrected chi connectivity index (χ2v) is 5.08. The third-order valence-electron chi connectivity index (χ3n) is 4.14. The van der Waals surface area contributed by atoms with E-state index in [0.717, 1.165) is 18.6 Å². The second-order valence-electron chi connectivity index (χ2n) is 5.08. The minimum atomic E-state index is -0.585. The van der Waals surface area contributed by atoms with E-state index in [-0.39, 0.29) is 5.41 Å². The largest absolute Gasteiger partial charge is 0.350 e. The molecule has 0 aromatic heterocycles. The molecule has 0 heterocycles. The fraction of sp³-hybridized carbons (Fsp3) is 0.692. The van der Waals surface area contributed by atoms with E-state index in [9.17, 15) is 4.79 Å². The molecule has 4 nitrogen and oxygen atoms in total. The Kier molecular flexibility index (Phi) is 3.50. The van der Waals surface area contributed by atoms with Crippen LogP contribution in [0.1, 0.15) is 51.9 Å². The highest BCUT2D eigenvalue weighted by Gasteiger charge is 2.40. The third kappa shape index (κ3) is 2.35. The average molecular weight is 235 g/mol. The summed E-state index contributed by atoms with van der Waals surface area (Å²) in [6, 6.07) is -0.585. The summed E-state index contributed by atoms with van der Waals surface area (Å²) in [5, 5.41) is 4.17. The molecule has 2 aliphatic rings. The number of amides is 2. The van der Waals surface area contributed by atoms with Gasteiger partial charge in [-0.05, 0) is 45.4 Å². The van der Waals surface area contributed by atoms with Crippen LogP contribution < -0.4 is 11.2 Å². The molecular weight excluding hydrogens is 214 g/mol. The van der Waals surface area contributed by atoms with Crippen molar-refractivity contribution in [2.45, 2.75) is 51.9 Å². The Balaban J connectivity index is 2.24. The van der Waals surface area contributed by atoms with Crippen molar-refractivity contribution in [2.24, 2.45) is 16.3 Å². The van der Waals surface area contributed by atoms with Crippen molar-refractivity contribution in [1.29, 1.82) is 0 Å². The molecule has 0 aromatic rings. The summed E-state index contributed by atoms with van der Waals surface area (Å²) in [5.41, 5.74) is 10.1. The van der Waals surface area contributed by atoms with Crippen LogP contribution >= 0.6 is 0 Å². The van der Waals surface area contributed by atoms with E-state index in [2.05, 4.69) is 16.6 Å². The van der Waals surface area contributed by atoms with Crippen molar-refractivity contribution in [3.63, 3.8) is 0 Å². The smallest absolute Gasteiger partial charge is 0.332 e. The molecule has 0 saturated heterocycles. The van der Waals surface area contributed by atoms with Crippen molar-refractivity contribution in [3.8, 4) is 0 Å². The molecule has 4 heteroatoms. The third-order valence-corrected chi connectivity index (χ3v) is 4.14. The molecule has 1 atom stereocenters. The molecule has 0 bridgehead atoms. The molecule has 1 fully saturated rings. The van der Waals surface area contributed by atoms with E-state index in [1.165, 1.54) is 37.7 Å². The van der Waals surface area contributed by atoms with Crippen LogP contribution in [-0.2, 0) is 0 Å². The number of carbonyl (C=O) groups is 1. The molecule has 1 saturated carbocycles. The van der Waals surface area contributed by atoms with Crippen LogP contribution in [0.15, 0.2) is 16.8 Å². The summed E-state index contributed by atoms with van der Waals surface area (Å²) in [7, 11) is 0. The first-order valence-corrected chi connectivity index (χ1v) is 6.45. The second kappa shape index (κ2) is 4.90. The first-order valence-electron chi connectivity index (χ1n) is 6.45. The SMILES string of the molecule is C/C(=N/NC(N)=O)C12CCCC=C1CCCC2. The number of primary amides is 1. The Labute approximate surface area is 102 Å². The lowest BCUT2D eigenvalue weighted by atomic mass is 9.62. The van der Waals surface area contributed by atoms with Gasteiger partial charge in [0.1, 0.15) is 0 Å². The monoisotopic (exact) mass is 235 g/mol. The van der Waals surface area contributed by atoms with Gasteiger partial charge in [-0.1, -0.05) is 18.1 Å². The average Bonchev–Trinajstić information content (AvgIpc) is 2.35. The van der Waals surface area contributed by atoms with Gasteiger partial charge in [0, 0.05) is 11.1 Å². The summed E-state index contributed by atoms with van der Waals surface area (Å²) in [6.07, 6.45) is 10.8. The number of urea groups is 1. The van der Waals surface area contributed by atoms with E-state index in [1.807, 2.05) is 6.92 Å². The Morgan fingerprint density at radius 3 is 2.94 bits per heavy atom. The molecule has 94 valence electrons. The van der Waals surface area contributed by atoms with Crippen LogP contribution in [0.2, 0.25) is 0 Å². The predicted molar refractivity (Wildman–Crippen MR) is 68.7 cm³/mol. The van der Waals surface area contributed by atoms with Gasteiger partial charge in [-0.15, -0.1) is 0 Å². The minimum absolute atomic E-state index is 0.110. The van der Waals surface area contributed by atoms with Crippen molar-refractivity contribution in [3.05, 3.63) is 11.6 Å². The lowest BCUT2D eigenvalue weighted by Crippen LogP contribution is -2.38. The van der Waals surface area contributed by atoms with E-state index in [1.54, 1.807) is 0 Å². The highest BCUT2D eigenvalue weighted by Crippen LogP contribution is 2.48. The van der Waals surface area contributed by atoms with Crippen molar-refractivity contribution < 1.29 is 4.79 Å². The summed E-state index contributed by atoms with van der Waals surface area (Å²) in [5.74, 6) is 0. The van der Waals surface area contributed by atoms with Crippen molar-refractivity contribution in [1.82, 2.24) is 5.43 Å². The fourth-order valence-corrected chi connectivity index (χ4v) is 3.25. The molecule has 0 radical (unpaired) electrons. The molecule has 0 aliphatic heterocycles. The van der Waals surface area contributed by atoms with E-state index < -0.39 is 6.03 Å². The molecule has 1 unspecified atom stereocenters. The summed E-state index contributed by atoms with van der Waals surface area (Å²) >= 11 is 0. The normalized spacial score (nSPS) is 29.2. The van der Waals surface area contributed by atoms with E-state index >= 15 is 0 Å². The number of nitrogens with two attached hydrogens (primary N) is 1. The van der Waals surface area contributed by atoms with Gasteiger partial charge in [0.25, 0.3) is 0 Å². The van der Waals surface area contributed by atoms with Crippen molar-refractivity contribution in [2.75, 3.05) is 0 Å². The van der Waals surface area contributed by atoms with Gasteiger partial charge in [-0.2, -0.15) is 5.10 Å². The van der Waals surface area contributed by atoms with Gasteiger partial charge in [0.15, 0.2) is 0 Å². The maximum Gasteiger partial charge on any atom is 0.332 e. The maximum atomic E-state index is 10.7.